The van der Waals surface area contributed by atoms with Crippen molar-refractivity contribution in [2.75, 3.05) is 59.9 Å². The molecule has 0 bridgehead atoms. The van der Waals surface area contributed by atoms with Crippen LogP contribution in [0.1, 0.15) is 6.42 Å². The van der Waals surface area contributed by atoms with Crippen molar-refractivity contribution in [3.05, 3.63) is 0 Å². The quantitative estimate of drug-likeness (QED) is 0.608. The number of carboxylic acid groups (broad SMARTS) is 1. The second kappa shape index (κ2) is 7.68. The predicted molar refractivity (Wildman–Crippen MR) is 71.7 cm³/mol. The topological polar surface area (TPSA) is 73.0 Å². The van der Waals surface area contributed by atoms with Crippen LogP contribution in [-0.2, 0) is 4.79 Å². The fourth-order valence-corrected chi connectivity index (χ4v) is 2.02. The zero-order valence-corrected chi connectivity index (χ0v) is 11.5. The summed E-state index contributed by atoms with van der Waals surface area (Å²) < 4.78 is 0. The van der Waals surface area contributed by atoms with E-state index in [0.717, 1.165) is 45.8 Å². The minimum Gasteiger partial charge on any atom is -0.480 e. The number of nitrogens with zero attached hydrogens (tertiary/aromatic N) is 3. The molecule has 1 fully saturated rings. The largest absolute Gasteiger partial charge is 0.480 e. The molecular formula is C12H26N4O2. The lowest BCUT2D eigenvalue weighted by Gasteiger charge is -2.35. The first-order valence-corrected chi connectivity index (χ1v) is 6.57. The molecule has 3 N–H and O–H groups in total. The zero-order chi connectivity index (χ0) is 13.5. The van der Waals surface area contributed by atoms with Crippen LogP contribution in [0.3, 0.4) is 0 Å². The van der Waals surface area contributed by atoms with Crippen LogP contribution in [0.5, 0.6) is 0 Å². The third-order valence-electron chi connectivity index (χ3n) is 3.40. The van der Waals surface area contributed by atoms with Gasteiger partial charge in [-0.15, -0.1) is 0 Å². The van der Waals surface area contributed by atoms with Crippen LogP contribution < -0.4 is 5.73 Å². The Hall–Kier alpha value is -0.690. The molecule has 1 aliphatic rings. The van der Waals surface area contributed by atoms with Crippen molar-refractivity contribution in [2.24, 2.45) is 5.73 Å². The number of piperazine rings is 1. The summed E-state index contributed by atoms with van der Waals surface area (Å²) in [5, 5.41) is 8.72. The lowest BCUT2D eigenvalue weighted by Crippen LogP contribution is -2.49. The molecule has 6 heteroatoms. The van der Waals surface area contributed by atoms with Crippen LogP contribution in [0.15, 0.2) is 0 Å². The van der Waals surface area contributed by atoms with E-state index in [0.29, 0.717) is 6.42 Å². The van der Waals surface area contributed by atoms with Gasteiger partial charge in [-0.2, -0.15) is 0 Å². The number of hydrogen-bond donors (Lipinski definition) is 2. The first-order chi connectivity index (χ1) is 8.49. The van der Waals surface area contributed by atoms with Gasteiger partial charge in [0.1, 0.15) is 6.04 Å². The molecule has 1 atom stereocenters. The molecule has 0 saturated carbocycles. The lowest BCUT2D eigenvalue weighted by molar-refractivity contribution is -0.138. The van der Waals surface area contributed by atoms with Crippen molar-refractivity contribution in [1.82, 2.24) is 14.7 Å². The second-order valence-electron chi connectivity index (χ2n) is 5.22. The Bertz CT molecular complexity index is 252. The van der Waals surface area contributed by atoms with Crippen LogP contribution in [-0.4, -0.2) is 91.7 Å². The SMILES string of the molecule is CN(C)CCN1CCN(CCC(N)C(=O)O)CC1. The van der Waals surface area contributed by atoms with Gasteiger partial charge in [-0.3, -0.25) is 9.69 Å². The molecule has 1 heterocycles. The number of carboxylic acids is 1. The average molecular weight is 258 g/mol. The van der Waals surface area contributed by atoms with Crippen molar-refractivity contribution in [1.29, 1.82) is 0 Å². The molecular weight excluding hydrogens is 232 g/mol. The molecule has 0 aromatic carbocycles. The van der Waals surface area contributed by atoms with Crippen molar-refractivity contribution in [3.63, 3.8) is 0 Å². The number of carbonyl (C=O) groups is 1. The predicted octanol–water partition coefficient (Wildman–Crippen LogP) is -1.03. The van der Waals surface area contributed by atoms with E-state index >= 15 is 0 Å². The molecule has 18 heavy (non-hydrogen) atoms. The van der Waals surface area contributed by atoms with Crippen molar-refractivity contribution < 1.29 is 9.90 Å². The third kappa shape index (κ3) is 5.77. The van der Waals surface area contributed by atoms with Gasteiger partial charge in [-0.05, 0) is 20.5 Å². The molecule has 1 unspecified atom stereocenters. The summed E-state index contributed by atoms with van der Waals surface area (Å²) in [4.78, 5) is 17.6. The Labute approximate surface area is 109 Å². The number of rotatable bonds is 7. The number of nitrogens with two attached hydrogens (primary N) is 1. The van der Waals surface area contributed by atoms with Gasteiger partial charge in [0.25, 0.3) is 0 Å². The summed E-state index contributed by atoms with van der Waals surface area (Å²) in [5.74, 6) is -0.903. The van der Waals surface area contributed by atoms with Crippen LogP contribution in [0, 0.1) is 0 Å². The van der Waals surface area contributed by atoms with E-state index in [1.54, 1.807) is 0 Å². The smallest absolute Gasteiger partial charge is 0.320 e. The minimum absolute atomic E-state index is 0.535. The Morgan fingerprint density at radius 1 is 1.22 bits per heavy atom. The Balaban J connectivity index is 2.13. The first kappa shape index (κ1) is 15.4. The summed E-state index contributed by atoms with van der Waals surface area (Å²) in [6, 6.07) is -0.725. The summed E-state index contributed by atoms with van der Waals surface area (Å²) in [6.07, 6.45) is 0.535. The summed E-state index contributed by atoms with van der Waals surface area (Å²) in [7, 11) is 4.17. The highest BCUT2D eigenvalue weighted by atomic mass is 16.4. The highest BCUT2D eigenvalue weighted by Crippen LogP contribution is 2.03. The van der Waals surface area contributed by atoms with E-state index in [1.807, 2.05) is 0 Å². The number of hydrogen-bond acceptors (Lipinski definition) is 5. The molecule has 0 spiro atoms. The maximum Gasteiger partial charge on any atom is 0.320 e. The molecule has 0 aromatic heterocycles. The van der Waals surface area contributed by atoms with Gasteiger partial charge >= 0.3 is 5.97 Å². The van der Waals surface area contributed by atoms with Crippen LogP contribution in [0.4, 0.5) is 0 Å². The Kier molecular flexibility index (Phi) is 6.56. The molecule has 0 radical (unpaired) electrons. The average Bonchev–Trinajstić information content (AvgIpc) is 2.34. The van der Waals surface area contributed by atoms with Gasteiger partial charge in [-0.1, -0.05) is 0 Å². The standard InChI is InChI=1S/C12H26N4O2/c1-14(2)5-6-16-9-7-15(8-10-16)4-3-11(13)12(17)18/h11H,3-10,13H2,1-2H3,(H,17,18). The van der Waals surface area contributed by atoms with Gasteiger partial charge in [0, 0.05) is 45.8 Å². The van der Waals surface area contributed by atoms with Gasteiger partial charge < -0.3 is 20.6 Å². The van der Waals surface area contributed by atoms with Gasteiger partial charge in [0.05, 0.1) is 0 Å². The van der Waals surface area contributed by atoms with E-state index in [4.69, 9.17) is 10.8 Å². The maximum absolute atomic E-state index is 10.6. The minimum atomic E-state index is -0.903. The summed E-state index contributed by atoms with van der Waals surface area (Å²) >= 11 is 0. The van der Waals surface area contributed by atoms with Gasteiger partial charge in [0.15, 0.2) is 0 Å². The Morgan fingerprint density at radius 3 is 2.17 bits per heavy atom. The molecule has 0 aromatic rings. The van der Waals surface area contributed by atoms with Crippen LogP contribution in [0.25, 0.3) is 0 Å². The normalized spacial score (nSPS) is 20.2. The lowest BCUT2D eigenvalue weighted by atomic mass is 10.2. The molecule has 1 rings (SSSR count). The van der Waals surface area contributed by atoms with E-state index in [-0.39, 0.29) is 0 Å². The summed E-state index contributed by atoms with van der Waals surface area (Å²) in [6.45, 7) is 7.14. The van der Waals surface area contributed by atoms with Crippen LogP contribution in [0.2, 0.25) is 0 Å². The fourth-order valence-electron chi connectivity index (χ4n) is 2.02. The molecule has 106 valence electrons. The molecule has 1 aliphatic heterocycles. The van der Waals surface area contributed by atoms with Gasteiger partial charge in [-0.25, -0.2) is 0 Å². The van der Waals surface area contributed by atoms with E-state index < -0.39 is 12.0 Å². The molecule has 0 amide bonds. The zero-order valence-electron chi connectivity index (χ0n) is 11.5. The highest BCUT2D eigenvalue weighted by Gasteiger charge is 2.18. The number of likely N-dealkylation sites (N-methyl/N-ethyl adjacent to an activating group) is 1. The van der Waals surface area contributed by atoms with Crippen LogP contribution >= 0.6 is 0 Å². The van der Waals surface area contributed by atoms with Crippen molar-refractivity contribution in [3.8, 4) is 0 Å². The van der Waals surface area contributed by atoms with Gasteiger partial charge in [0.2, 0.25) is 0 Å². The second-order valence-corrected chi connectivity index (χ2v) is 5.22. The Morgan fingerprint density at radius 2 is 1.72 bits per heavy atom. The molecule has 1 saturated heterocycles. The highest BCUT2D eigenvalue weighted by molar-refractivity contribution is 5.72. The molecule has 6 nitrogen and oxygen atoms in total. The van der Waals surface area contributed by atoms with E-state index in [1.165, 1.54) is 0 Å². The van der Waals surface area contributed by atoms with E-state index in [2.05, 4.69) is 28.8 Å². The first-order valence-electron chi connectivity index (χ1n) is 6.57. The fraction of sp³-hybridized carbons (Fsp3) is 0.917. The monoisotopic (exact) mass is 258 g/mol. The number of aliphatic carboxylic acids is 1. The maximum atomic E-state index is 10.6. The summed E-state index contributed by atoms with van der Waals surface area (Å²) in [5.41, 5.74) is 5.50. The van der Waals surface area contributed by atoms with Crippen molar-refractivity contribution >= 4 is 5.97 Å². The third-order valence-corrected chi connectivity index (χ3v) is 3.40. The van der Waals surface area contributed by atoms with Crippen molar-refractivity contribution in [2.45, 2.75) is 12.5 Å². The molecule has 0 aliphatic carbocycles. The van der Waals surface area contributed by atoms with E-state index in [9.17, 15) is 4.79 Å².